The molecule has 1 rings (SSSR count). The molecule has 16 heavy (non-hydrogen) atoms. The van der Waals surface area contributed by atoms with E-state index >= 15 is 0 Å². The van der Waals surface area contributed by atoms with E-state index in [9.17, 15) is 4.79 Å². The minimum absolute atomic E-state index is 0. The second kappa shape index (κ2) is 7.13. The molecular formula is C12H25ClN2O. The minimum Gasteiger partial charge on any atom is -0.353 e. The highest BCUT2D eigenvalue weighted by molar-refractivity contribution is 5.85. The predicted molar refractivity (Wildman–Crippen MR) is 69.9 cm³/mol. The van der Waals surface area contributed by atoms with Crippen molar-refractivity contribution in [3.8, 4) is 0 Å². The first-order chi connectivity index (χ1) is 7.00. The Labute approximate surface area is 105 Å². The molecule has 1 aliphatic rings. The third-order valence-corrected chi connectivity index (χ3v) is 3.38. The zero-order valence-electron chi connectivity index (χ0n) is 10.7. The van der Waals surface area contributed by atoms with E-state index in [1.165, 1.54) is 0 Å². The predicted octanol–water partition coefficient (Wildman–Crippen LogP) is 1.96. The molecule has 0 aromatic carbocycles. The fraction of sp³-hybridized carbons (Fsp3) is 0.917. The second-order valence-corrected chi connectivity index (χ2v) is 5.12. The molecule has 3 nitrogen and oxygen atoms in total. The number of nitrogens with one attached hydrogen (secondary N) is 2. The lowest BCUT2D eigenvalue weighted by Gasteiger charge is -2.30. The Morgan fingerprint density at radius 1 is 1.38 bits per heavy atom. The summed E-state index contributed by atoms with van der Waals surface area (Å²) in [7, 11) is 0. The molecule has 4 heteroatoms. The van der Waals surface area contributed by atoms with Gasteiger partial charge in [-0.3, -0.25) is 4.79 Å². The van der Waals surface area contributed by atoms with Crippen molar-refractivity contribution in [2.75, 3.05) is 6.54 Å². The van der Waals surface area contributed by atoms with Crippen molar-refractivity contribution in [2.24, 2.45) is 11.8 Å². The van der Waals surface area contributed by atoms with Crippen LogP contribution < -0.4 is 10.6 Å². The normalized spacial score (nSPS) is 27.1. The third-order valence-electron chi connectivity index (χ3n) is 3.38. The van der Waals surface area contributed by atoms with E-state index in [2.05, 4.69) is 31.4 Å². The fourth-order valence-corrected chi connectivity index (χ4v) is 1.90. The summed E-state index contributed by atoms with van der Waals surface area (Å²) >= 11 is 0. The molecule has 0 bridgehead atoms. The van der Waals surface area contributed by atoms with Gasteiger partial charge in [-0.2, -0.15) is 0 Å². The Kier molecular flexibility index (Phi) is 7.00. The lowest BCUT2D eigenvalue weighted by molar-refractivity contribution is -0.126. The van der Waals surface area contributed by atoms with Crippen LogP contribution >= 0.6 is 12.4 Å². The van der Waals surface area contributed by atoms with Crippen LogP contribution in [0.5, 0.6) is 0 Å². The molecule has 1 fully saturated rings. The summed E-state index contributed by atoms with van der Waals surface area (Å²) in [6.07, 6.45) is 2.11. The van der Waals surface area contributed by atoms with Crippen LogP contribution in [0, 0.1) is 11.8 Å². The van der Waals surface area contributed by atoms with E-state index in [-0.39, 0.29) is 24.2 Å². The van der Waals surface area contributed by atoms with Gasteiger partial charge in [0.1, 0.15) is 0 Å². The average molecular weight is 249 g/mol. The van der Waals surface area contributed by atoms with Gasteiger partial charge in [-0.1, -0.05) is 20.8 Å². The quantitative estimate of drug-likeness (QED) is 0.802. The van der Waals surface area contributed by atoms with E-state index in [0.29, 0.717) is 18.0 Å². The average Bonchev–Trinajstić information content (AvgIpc) is 2.16. The van der Waals surface area contributed by atoms with E-state index in [0.717, 1.165) is 19.4 Å². The fourth-order valence-electron chi connectivity index (χ4n) is 1.90. The van der Waals surface area contributed by atoms with E-state index in [1.54, 1.807) is 0 Å². The maximum Gasteiger partial charge on any atom is 0.223 e. The van der Waals surface area contributed by atoms with Crippen LogP contribution in [-0.2, 0) is 4.79 Å². The van der Waals surface area contributed by atoms with Crippen molar-refractivity contribution in [1.29, 1.82) is 0 Å². The standard InChI is InChI=1S/C12H24N2O.ClH/c1-8(2)10(4)12(15)14-11-5-6-13-9(3)7-11;/h8-11,13H,5-7H2,1-4H3,(H,14,15);1H. The van der Waals surface area contributed by atoms with Crippen LogP contribution in [0.4, 0.5) is 0 Å². The molecule has 0 aromatic rings. The number of piperidine rings is 1. The van der Waals surface area contributed by atoms with Gasteiger partial charge in [0.2, 0.25) is 5.91 Å². The summed E-state index contributed by atoms with van der Waals surface area (Å²) in [5, 5.41) is 6.54. The largest absolute Gasteiger partial charge is 0.353 e. The zero-order valence-corrected chi connectivity index (χ0v) is 11.6. The first kappa shape index (κ1) is 15.7. The molecule has 96 valence electrons. The number of hydrogen-bond acceptors (Lipinski definition) is 2. The van der Waals surface area contributed by atoms with Crippen molar-refractivity contribution < 1.29 is 4.79 Å². The summed E-state index contributed by atoms with van der Waals surface area (Å²) < 4.78 is 0. The molecule has 2 N–H and O–H groups in total. The zero-order chi connectivity index (χ0) is 11.4. The second-order valence-electron chi connectivity index (χ2n) is 5.12. The Balaban J connectivity index is 0.00000225. The van der Waals surface area contributed by atoms with Crippen molar-refractivity contribution >= 4 is 18.3 Å². The van der Waals surface area contributed by atoms with Gasteiger partial charge in [-0.05, 0) is 32.2 Å². The van der Waals surface area contributed by atoms with Gasteiger partial charge >= 0.3 is 0 Å². The molecule has 0 spiro atoms. The molecule has 1 amide bonds. The number of halogens is 1. The summed E-state index contributed by atoms with van der Waals surface area (Å²) in [5.74, 6) is 0.753. The number of carbonyl (C=O) groups is 1. The van der Waals surface area contributed by atoms with Crippen LogP contribution in [0.15, 0.2) is 0 Å². The van der Waals surface area contributed by atoms with Crippen molar-refractivity contribution in [1.82, 2.24) is 10.6 Å². The minimum atomic E-state index is 0. The molecule has 3 atom stereocenters. The highest BCUT2D eigenvalue weighted by atomic mass is 35.5. The van der Waals surface area contributed by atoms with Crippen molar-refractivity contribution in [3.63, 3.8) is 0 Å². The number of hydrogen-bond donors (Lipinski definition) is 2. The first-order valence-electron chi connectivity index (χ1n) is 6.04. The van der Waals surface area contributed by atoms with Crippen LogP contribution in [0.2, 0.25) is 0 Å². The highest BCUT2D eigenvalue weighted by Crippen LogP contribution is 2.13. The van der Waals surface area contributed by atoms with Crippen LogP contribution in [0.3, 0.4) is 0 Å². The lowest BCUT2D eigenvalue weighted by Crippen LogP contribution is -2.48. The maximum atomic E-state index is 11.8. The Morgan fingerprint density at radius 3 is 2.50 bits per heavy atom. The lowest BCUT2D eigenvalue weighted by atomic mass is 9.95. The smallest absolute Gasteiger partial charge is 0.223 e. The van der Waals surface area contributed by atoms with Crippen molar-refractivity contribution in [3.05, 3.63) is 0 Å². The highest BCUT2D eigenvalue weighted by Gasteiger charge is 2.23. The summed E-state index contributed by atoms with van der Waals surface area (Å²) in [6, 6.07) is 0.897. The number of amides is 1. The molecule has 1 saturated heterocycles. The van der Waals surface area contributed by atoms with Crippen molar-refractivity contribution in [2.45, 2.75) is 52.6 Å². The molecule has 3 unspecified atom stereocenters. The van der Waals surface area contributed by atoms with E-state index in [4.69, 9.17) is 0 Å². The van der Waals surface area contributed by atoms with Gasteiger partial charge < -0.3 is 10.6 Å². The van der Waals surface area contributed by atoms with Crippen LogP contribution in [-0.4, -0.2) is 24.5 Å². The van der Waals surface area contributed by atoms with Gasteiger partial charge in [0, 0.05) is 18.0 Å². The van der Waals surface area contributed by atoms with Gasteiger partial charge in [-0.25, -0.2) is 0 Å². The van der Waals surface area contributed by atoms with Crippen LogP contribution in [0.1, 0.15) is 40.5 Å². The molecule has 1 heterocycles. The Hall–Kier alpha value is -0.280. The van der Waals surface area contributed by atoms with Gasteiger partial charge in [0.05, 0.1) is 0 Å². The number of carbonyl (C=O) groups excluding carboxylic acids is 1. The van der Waals surface area contributed by atoms with Gasteiger partial charge in [0.15, 0.2) is 0 Å². The SMILES string of the molecule is CC1CC(NC(=O)C(C)C(C)C)CCN1.Cl. The summed E-state index contributed by atoms with van der Waals surface area (Å²) in [6.45, 7) is 9.38. The summed E-state index contributed by atoms with van der Waals surface area (Å²) in [4.78, 5) is 11.8. The third kappa shape index (κ3) is 4.71. The van der Waals surface area contributed by atoms with Crippen LogP contribution in [0.25, 0.3) is 0 Å². The topological polar surface area (TPSA) is 41.1 Å². The molecule has 0 saturated carbocycles. The van der Waals surface area contributed by atoms with Gasteiger partial charge in [0.25, 0.3) is 0 Å². The molecule has 0 aliphatic carbocycles. The summed E-state index contributed by atoms with van der Waals surface area (Å²) in [5.41, 5.74) is 0. The Bertz CT molecular complexity index is 221. The van der Waals surface area contributed by atoms with E-state index in [1.807, 2.05) is 6.92 Å². The molecule has 0 radical (unpaired) electrons. The number of rotatable bonds is 3. The van der Waals surface area contributed by atoms with E-state index < -0.39 is 0 Å². The molecule has 1 aliphatic heterocycles. The van der Waals surface area contributed by atoms with Gasteiger partial charge in [-0.15, -0.1) is 12.4 Å². The molecule has 0 aromatic heterocycles. The molecular weight excluding hydrogens is 224 g/mol. The Morgan fingerprint density at radius 2 is 2.00 bits per heavy atom. The monoisotopic (exact) mass is 248 g/mol. The maximum absolute atomic E-state index is 11.8. The first-order valence-corrected chi connectivity index (χ1v) is 6.04.